The SMILES string of the molecule is CC(C)c1cccc(NC(=O)CN2CCN(C(=O)CN3CCOCC3)CC2)c1. The summed E-state index contributed by atoms with van der Waals surface area (Å²) in [5.74, 6) is 0.602. The normalized spacial score (nSPS) is 19.0. The first-order valence-electron chi connectivity index (χ1n) is 10.2. The molecule has 2 saturated heterocycles. The topological polar surface area (TPSA) is 65.1 Å². The van der Waals surface area contributed by atoms with Gasteiger partial charge >= 0.3 is 0 Å². The van der Waals surface area contributed by atoms with Gasteiger partial charge in [0.05, 0.1) is 26.3 Å². The van der Waals surface area contributed by atoms with Crippen molar-refractivity contribution in [2.24, 2.45) is 0 Å². The van der Waals surface area contributed by atoms with E-state index in [1.807, 2.05) is 23.1 Å². The molecule has 0 atom stereocenters. The zero-order valence-corrected chi connectivity index (χ0v) is 17.0. The number of carbonyl (C=O) groups is 2. The molecule has 154 valence electrons. The Balaban J connectivity index is 1.40. The zero-order chi connectivity index (χ0) is 19.9. The number of carbonyl (C=O) groups excluding carboxylic acids is 2. The third-order valence-electron chi connectivity index (χ3n) is 5.39. The van der Waals surface area contributed by atoms with Crippen molar-refractivity contribution in [2.75, 3.05) is 70.9 Å². The van der Waals surface area contributed by atoms with E-state index in [9.17, 15) is 9.59 Å². The maximum atomic E-state index is 12.5. The summed E-state index contributed by atoms with van der Waals surface area (Å²) < 4.78 is 5.33. The fourth-order valence-corrected chi connectivity index (χ4v) is 3.59. The summed E-state index contributed by atoms with van der Waals surface area (Å²) in [6, 6.07) is 8.01. The van der Waals surface area contributed by atoms with E-state index < -0.39 is 0 Å². The lowest BCUT2D eigenvalue weighted by atomic mass is 10.0. The lowest BCUT2D eigenvalue weighted by Crippen LogP contribution is -2.53. The molecule has 28 heavy (non-hydrogen) atoms. The van der Waals surface area contributed by atoms with Gasteiger partial charge in [0, 0.05) is 45.0 Å². The Morgan fingerprint density at radius 2 is 1.68 bits per heavy atom. The lowest BCUT2D eigenvalue weighted by molar-refractivity contribution is -0.135. The van der Waals surface area contributed by atoms with Gasteiger partial charge in [-0.3, -0.25) is 19.4 Å². The predicted molar refractivity (Wildman–Crippen MR) is 109 cm³/mol. The molecule has 1 N–H and O–H groups in total. The highest BCUT2D eigenvalue weighted by Gasteiger charge is 2.24. The lowest BCUT2D eigenvalue weighted by Gasteiger charge is -2.36. The minimum atomic E-state index is -0.00556. The summed E-state index contributed by atoms with van der Waals surface area (Å²) in [6.07, 6.45) is 0. The summed E-state index contributed by atoms with van der Waals surface area (Å²) in [5.41, 5.74) is 2.06. The standard InChI is InChI=1S/C21H32N4O3/c1-17(2)18-4-3-5-19(14-18)22-20(26)15-23-6-8-25(9-7-23)21(27)16-24-10-12-28-13-11-24/h3-5,14,17H,6-13,15-16H2,1-2H3,(H,22,26). The Bertz CT molecular complexity index is 665. The number of nitrogens with one attached hydrogen (secondary N) is 1. The first-order chi connectivity index (χ1) is 13.5. The van der Waals surface area contributed by atoms with E-state index >= 15 is 0 Å². The van der Waals surface area contributed by atoms with E-state index in [4.69, 9.17) is 4.74 Å². The molecular formula is C21H32N4O3. The van der Waals surface area contributed by atoms with Gasteiger partial charge in [-0.1, -0.05) is 26.0 Å². The zero-order valence-electron chi connectivity index (χ0n) is 17.0. The van der Waals surface area contributed by atoms with Crippen LogP contribution in [0, 0.1) is 0 Å². The fourth-order valence-electron chi connectivity index (χ4n) is 3.59. The highest BCUT2D eigenvalue weighted by atomic mass is 16.5. The first kappa shape index (κ1) is 20.8. The van der Waals surface area contributed by atoms with Gasteiger partial charge in [0.25, 0.3) is 0 Å². The number of hydrogen-bond donors (Lipinski definition) is 1. The van der Waals surface area contributed by atoms with E-state index in [-0.39, 0.29) is 11.8 Å². The van der Waals surface area contributed by atoms with Crippen molar-refractivity contribution in [3.63, 3.8) is 0 Å². The quantitative estimate of drug-likeness (QED) is 0.794. The van der Waals surface area contributed by atoms with Crippen molar-refractivity contribution in [2.45, 2.75) is 19.8 Å². The number of hydrogen-bond acceptors (Lipinski definition) is 5. The molecule has 2 aliphatic heterocycles. The molecule has 0 radical (unpaired) electrons. The van der Waals surface area contributed by atoms with Crippen LogP contribution in [-0.4, -0.2) is 92.1 Å². The second-order valence-electron chi connectivity index (χ2n) is 7.87. The fraction of sp³-hybridized carbons (Fsp3) is 0.619. The van der Waals surface area contributed by atoms with Crippen LogP contribution in [0.3, 0.4) is 0 Å². The molecule has 2 fully saturated rings. The molecule has 0 aromatic heterocycles. The van der Waals surface area contributed by atoms with E-state index in [1.54, 1.807) is 0 Å². The summed E-state index contributed by atoms with van der Waals surface area (Å²) in [5, 5.41) is 2.99. The van der Waals surface area contributed by atoms with Crippen LogP contribution >= 0.6 is 0 Å². The highest BCUT2D eigenvalue weighted by molar-refractivity contribution is 5.92. The summed E-state index contributed by atoms with van der Waals surface area (Å²) in [6.45, 7) is 11.0. The monoisotopic (exact) mass is 388 g/mol. The Morgan fingerprint density at radius 1 is 1.00 bits per heavy atom. The Labute approximate surface area is 167 Å². The van der Waals surface area contributed by atoms with Crippen LogP contribution in [0.2, 0.25) is 0 Å². The van der Waals surface area contributed by atoms with Crippen molar-refractivity contribution in [3.05, 3.63) is 29.8 Å². The van der Waals surface area contributed by atoms with E-state index in [0.29, 0.717) is 45.3 Å². The van der Waals surface area contributed by atoms with Crippen molar-refractivity contribution < 1.29 is 14.3 Å². The van der Waals surface area contributed by atoms with Crippen molar-refractivity contribution in [1.29, 1.82) is 0 Å². The Morgan fingerprint density at radius 3 is 2.36 bits per heavy atom. The number of benzene rings is 1. The number of rotatable bonds is 6. The largest absolute Gasteiger partial charge is 0.379 e. The van der Waals surface area contributed by atoms with Crippen LogP contribution in [0.25, 0.3) is 0 Å². The van der Waals surface area contributed by atoms with Gasteiger partial charge in [-0.05, 0) is 23.6 Å². The molecule has 0 saturated carbocycles. The number of ether oxygens (including phenoxy) is 1. The molecule has 1 aromatic carbocycles. The number of nitrogens with zero attached hydrogens (tertiary/aromatic N) is 3. The van der Waals surface area contributed by atoms with Crippen LogP contribution in [0.15, 0.2) is 24.3 Å². The van der Waals surface area contributed by atoms with Crippen LogP contribution in [0.5, 0.6) is 0 Å². The van der Waals surface area contributed by atoms with Crippen LogP contribution in [-0.2, 0) is 14.3 Å². The highest BCUT2D eigenvalue weighted by Crippen LogP contribution is 2.18. The second kappa shape index (κ2) is 10.0. The van der Waals surface area contributed by atoms with Gasteiger partial charge in [-0.15, -0.1) is 0 Å². The van der Waals surface area contributed by atoms with Crippen molar-refractivity contribution in [3.8, 4) is 0 Å². The Hall–Kier alpha value is -1.96. The molecule has 2 heterocycles. The maximum absolute atomic E-state index is 12.5. The molecular weight excluding hydrogens is 356 g/mol. The van der Waals surface area contributed by atoms with Crippen LogP contribution in [0.1, 0.15) is 25.3 Å². The molecule has 0 bridgehead atoms. The average Bonchev–Trinajstić information content (AvgIpc) is 2.69. The summed E-state index contributed by atoms with van der Waals surface area (Å²) in [7, 11) is 0. The van der Waals surface area contributed by atoms with Crippen molar-refractivity contribution in [1.82, 2.24) is 14.7 Å². The molecule has 2 amide bonds. The van der Waals surface area contributed by atoms with Gasteiger partial charge in [0.2, 0.25) is 11.8 Å². The minimum absolute atomic E-state index is 0.00556. The van der Waals surface area contributed by atoms with Gasteiger partial charge in [-0.25, -0.2) is 0 Å². The molecule has 2 aliphatic rings. The third kappa shape index (κ3) is 6.02. The van der Waals surface area contributed by atoms with E-state index in [1.165, 1.54) is 5.56 Å². The number of anilines is 1. The smallest absolute Gasteiger partial charge is 0.238 e. The van der Waals surface area contributed by atoms with Gasteiger partial charge < -0.3 is 15.0 Å². The number of morpholine rings is 1. The molecule has 3 rings (SSSR count). The number of piperazine rings is 1. The molecule has 0 unspecified atom stereocenters. The average molecular weight is 389 g/mol. The first-order valence-corrected chi connectivity index (χ1v) is 10.2. The van der Waals surface area contributed by atoms with Crippen LogP contribution < -0.4 is 5.32 Å². The summed E-state index contributed by atoms with van der Waals surface area (Å²) in [4.78, 5) is 31.0. The molecule has 0 spiro atoms. The maximum Gasteiger partial charge on any atom is 0.238 e. The van der Waals surface area contributed by atoms with Gasteiger partial charge in [-0.2, -0.15) is 0 Å². The molecule has 7 nitrogen and oxygen atoms in total. The van der Waals surface area contributed by atoms with Gasteiger partial charge in [0.15, 0.2) is 0 Å². The van der Waals surface area contributed by atoms with Crippen LogP contribution in [0.4, 0.5) is 5.69 Å². The molecule has 7 heteroatoms. The molecule has 0 aliphatic carbocycles. The van der Waals surface area contributed by atoms with Gasteiger partial charge in [0.1, 0.15) is 0 Å². The Kier molecular flexibility index (Phi) is 7.42. The molecule has 1 aromatic rings. The minimum Gasteiger partial charge on any atom is -0.379 e. The van der Waals surface area contributed by atoms with E-state index in [2.05, 4.69) is 35.0 Å². The third-order valence-corrected chi connectivity index (χ3v) is 5.39. The number of amides is 2. The predicted octanol–water partition coefficient (Wildman–Crippen LogP) is 1.22. The second-order valence-corrected chi connectivity index (χ2v) is 7.87. The summed E-state index contributed by atoms with van der Waals surface area (Å²) >= 11 is 0. The van der Waals surface area contributed by atoms with Crippen molar-refractivity contribution >= 4 is 17.5 Å². The van der Waals surface area contributed by atoms with E-state index in [0.717, 1.165) is 31.9 Å².